The highest BCUT2D eigenvalue weighted by molar-refractivity contribution is 7.13. The molecule has 1 aromatic rings. The second-order valence-electron chi connectivity index (χ2n) is 6.04. The zero-order valence-corrected chi connectivity index (χ0v) is 14.4. The fraction of sp³-hybridized carbons (Fsp3) is 0.692. The molecule has 1 rings (SSSR count). The highest BCUT2D eigenvalue weighted by atomic mass is 32.1. The molecule has 9 heteroatoms. The summed E-state index contributed by atoms with van der Waals surface area (Å²) in [6, 6.07) is -0.344. The molecule has 0 saturated carbocycles. The normalized spacial score (nSPS) is 12.4. The second kappa shape index (κ2) is 7.92. The number of urea groups is 1. The lowest BCUT2D eigenvalue weighted by Crippen LogP contribution is -2.40. The van der Waals surface area contributed by atoms with Gasteiger partial charge in [-0.2, -0.15) is 0 Å². The van der Waals surface area contributed by atoms with E-state index in [1.807, 2.05) is 27.7 Å². The Balaban J connectivity index is 2.28. The number of hydrogen-bond acceptors (Lipinski definition) is 6. The summed E-state index contributed by atoms with van der Waals surface area (Å²) in [6.45, 7) is 8.31. The highest BCUT2D eigenvalue weighted by Crippen LogP contribution is 2.10. The smallest absolute Gasteiger partial charge is 0.410 e. The van der Waals surface area contributed by atoms with Crippen molar-refractivity contribution in [3.63, 3.8) is 0 Å². The van der Waals surface area contributed by atoms with Crippen LogP contribution in [0.1, 0.15) is 27.7 Å². The number of anilines is 1. The summed E-state index contributed by atoms with van der Waals surface area (Å²) in [5.74, 6) is 0.0812. The van der Waals surface area contributed by atoms with Crippen molar-refractivity contribution in [1.29, 1.82) is 0 Å². The van der Waals surface area contributed by atoms with Gasteiger partial charge in [0.05, 0.1) is 0 Å². The quantitative estimate of drug-likeness (QED) is 0.863. The lowest BCUT2D eigenvalue weighted by atomic mass is 10.1. The van der Waals surface area contributed by atoms with Crippen LogP contribution < -0.4 is 10.6 Å². The topological polar surface area (TPSA) is 96.5 Å². The Hall–Kier alpha value is -1.90. The van der Waals surface area contributed by atoms with E-state index in [2.05, 4.69) is 20.8 Å². The van der Waals surface area contributed by atoms with Gasteiger partial charge in [-0.3, -0.25) is 5.32 Å². The van der Waals surface area contributed by atoms with Crippen LogP contribution in [0.25, 0.3) is 0 Å². The maximum Gasteiger partial charge on any atom is 0.410 e. The van der Waals surface area contributed by atoms with Crippen molar-refractivity contribution in [2.45, 2.75) is 33.3 Å². The summed E-state index contributed by atoms with van der Waals surface area (Å²) in [5, 5.41) is 13.1. The first-order valence-corrected chi connectivity index (χ1v) is 7.80. The van der Waals surface area contributed by atoms with Gasteiger partial charge in [0.15, 0.2) is 0 Å². The van der Waals surface area contributed by atoms with Crippen LogP contribution in [-0.4, -0.2) is 53.0 Å². The molecule has 0 spiro atoms. The molecule has 1 aromatic heterocycles. The fourth-order valence-corrected chi connectivity index (χ4v) is 2.02. The van der Waals surface area contributed by atoms with E-state index in [1.54, 1.807) is 7.05 Å². The summed E-state index contributed by atoms with van der Waals surface area (Å²) in [5.41, 5.74) is 1.02. The number of ether oxygens (including phenoxy) is 1. The zero-order valence-electron chi connectivity index (χ0n) is 13.5. The molecular weight excluding hydrogens is 306 g/mol. The Kier molecular flexibility index (Phi) is 6.54. The number of carbonyl (C=O) groups excluding carboxylic acids is 2. The Morgan fingerprint density at radius 1 is 1.45 bits per heavy atom. The molecular formula is C13H23N5O3S. The van der Waals surface area contributed by atoms with Gasteiger partial charge in [-0.1, -0.05) is 18.3 Å². The maximum atomic E-state index is 11.8. The number of rotatable bonds is 5. The summed E-state index contributed by atoms with van der Waals surface area (Å²) in [4.78, 5) is 25.0. The number of amides is 3. The average molecular weight is 329 g/mol. The monoisotopic (exact) mass is 329 g/mol. The molecule has 1 atom stereocenters. The van der Waals surface area contributed by atoms with E-state index in [0.29, 0.717) is 18.2 Å². The van der Waals surface area contributed by atoms with E-state index in [4.69, 9.17) is 4.74 Å². The van der Waals surface area contributed by atoms with E-state index in [0.717, 1.165) is 0 Å². The van der Waals surface area contributed by atoms with Crippen LogP contribution in [-0.2, 0) is 4.74 Å². The van der Waals surface area contributed by atoms with Crippen molar-refractivity contribution in [2.24, 2.45) is 5.92 Å². The van der Waals surface area contributed by atoms with Gasteiger partial charge in [-0.05, 0) is 26.7 Å². The molecule has 1 heterocycles. The van der Waals surface area contributed by atoms with Gasteiger partial charge in [-0.25, -0.2) is 9.59 Å². The van der Waals surface area contributed by atoms with Crippen molar-refractivity contribution < 1.29 is 14.3 Å². The Morgan fingerprint density at radius 2 is 2.14 bits per heavy atom. The molecule has 3 amide bonds. The fourth-order valence-electron chi connectivity index (χ4n) is 1.58. The summed E-state index contributed by atoms with van der Waals surface area (Å²) in [6.07, 6.45) is -0.377. The SMILES string of the molecule is C[C@@H](CNC(=O)Nc1nncs1)CN(C)C(=O)OC(C)(C)C. The van der Waals surface area contributed by atoms with Crippen molar-refractivity contribution in [2.75, 3.05) is 25.5 Å². The molecule has 0 saturated heterocycles. The third-order valence-corrected chi connectivity index (χ3v) is 3.09. The predicted molar refractivity (Wildman–Crippen MR) is 85.0 cm³/mol. The molecule has 124 valence electrons. The van der Waals surface area contributed by atoms with Crippen molar-refractivity contribution in [3.05, 3.63) is 5.51 Å². The van der Waals surface area contributed by atoms with E-state index in [9.17, 15) is 9.59 Å². The number of hydrogen-bond donors (Lipinski definition) is 2. The van der Waals surface area contributed by atoms with Crippen molar-refractivity contribution in [1.82, 2.24) is 20.4 Å². The van der Waals surface area contributed by atoms with Crippen molar-refractivity contribution in [3.8, 4) is 0 Å². The average Bonchev–Trinajstić information content (AvgIpc) is 2.87. The molecule has 0 radical (unpaired) electrons. The molecule has 0 aromatic carbocycles. The first-order chi connectivity index (χ1) is 10.2. The minimum atomic E-state index is -0.519. The first kappa shape index (κ1) is 18.1. The van der Waals surface area contributed by atoms with Gasteiger partial charge in [0.2, 0.25) is 5.13 Å². The minimum Gasteiger partial charge on any atom is -0.444 e. The molecule has 8 nitrogen and oxygen atoms in total. The summed E-state index contributed by atoms with van der Waals surface area (Å²) in [7, 11) is 1.67. The van der Waals surface area contributed by atoms with Gasteiger partial charge in [-0.15, -0.1) is 10.2 Å². The highest BCUT2D eigenvalue weighted by Gasteiger charge is 2.20. The summed E-state index contributed by atoms with van der Waals surface area (Å²) >= 11 is 1.24. The van der Waals surface area contributed by atoms with Gasteiger partial charge in [0.25, 0.3) is 0 Å². The van der Waals surface area contributed by atoms with Gasteiger partial charge < -0.3 is 15.0 Å². The third-order valence-electron chi connectivity index (χ3n) is 2.48. The zero-order chi connectivity index (χ0) is 16.8. The van der Waals surface area contributed by atoms with E-state index >= 15 is 0 Å². The van der Waals surface area contributed by atoms with E-state index < -0.39 is 5.60 Å². The van der Waals surface area contributed by atoms with Gasteiger partial charge >= 0.3 is 12.1 Å². The van der Waals surface area contributed by atoms with E-state index in [-0.39, 0.29) is 18.0 Å². The Labute approximate surface area is 134 Å². The second-order valence-corrected chi connectivity index (χ2v) is 6.88. The lowest BCUT2D eigenvalue weighted by molar-refractivity contribution is 0.0278. The van der Waals surface area contributed by atoms with Crippen LogP contribution in [0, 0.1) is 5.92 Å². The molecule has 0 aliphatic carbocycles. The van der Waals surface area contributed by atoms with Crippen LogP contribution in [0.2, 0.25) is 0 Å². The standard InChI is InChI=1S/C13H23N5O3S/c1-9(7-18(5)12(20)21-13(2,3)4)6-14-10(19)16-11-17-15-8-22-11/h8-9H,6-7H2,1-5H3,(H2,14,16,17,19)/t9-/m0/s1. The molecule has 0 unspecified atom stereocenters. The predicted octanol–water partition coefficient (Wildman–Crippen LogP) is 2.16. The van der Waals surface area contributed by atoms with Crippen molar-refractivity contribution >= 4 is 28.6 Å². The first-order valence-electron chi connectivity index (χ1n) is 6.92. The van der Waals surface area contributed by atoms with Crippen LogP contribution in [0.3, 0.4) is 0 Å². The number of aromatic nitrogens is 2. The Bertz CT molecular complexity index is 486. The Morgan fingerprint density at radius 3 is 2.68 bits per heavy atom. The molecule has 22 heavy (non-hydrogen) atoms. The molecule has 0 aliphatic rings. The lowest BCUT2D eigenvalue weighted by Gasteiger charge is -2.26. The van der Waals surface area contributed by atoms with Crippen LogP contribution in [0.4, 0.5) is 14.7 Å². The number of nitrogens with zero attached hydrogens (tertiary/aromatic N) is 3. The van der Waals surface area contributed by atoms with Crippen LogP contribution >= 0.6 is 11.3 Å². The minimum absolute atomic E-state index is 0.0812. The third kappa shape index (κ3) is 7.21. The van der Waals surface area contributed by atoms with Gasteiger partial charge in [0, 0.05) is 20.1 Å². The van der Waals surface area contributed by atoms with E-state index in [1.165, 1.54) is 21.7 Å². The number of nitrogens with one attached hydrogen (secondary N) is 2. The number of carbonyl (C=O) groups is 2. The summed E-state index contributed by atoms with van der Waals surface area (Å²) < 4.78 is 5.27. The largest absolute Gasteiger partial charge is 0.444 e. The maximum absolute atomic E-state index is 11.8. The van der Waals surface area contributed by atoms with Gasteiger partial charge in [0.1, 0.15) is 11.1 Å². The molecule has 0 fully saturated rings. The van der Waals surface area contributed by atoms with Crippen LogP contribution in [0.5, 0.6) is 0 Å². The van der Waals surface area contributed by atoms with Crippen LogP contribution in [0.15, 0.2) is 5.51 Å². The molecule has 2 N–H and O–H groups in total. The molecule has 0 aliphatic heterocycles. The molecule has 0 bridgehead atoms.